The molecule has 3 nitrogen and oxygen atoms in total. The number of amides is 1. The Kier molecular flexibility index (Phi) is 4.63. The van der Waals surface area contributed by atoms with Crippen molar-refractivity contribution in [3.8, 4) is 0 Å². The summed E-state index contributed by atoms with van der Waals surface area (Å²) in [4.78, 5) is 12.4. The van der Waals surface area contributed by atoms with Crippen LogP contribution in [0.4, 0.5) is 5.69 Å². The standard InChI is InChI=1S/C20H21ClN2O/c1-13(2)15-4-7-19-16(11-15)8-9-23(19)12-20(24)22-18-6-5-17(21)10-14(18)3/h4-11,13H,12H2,1-3H3,(H,22,24). The van der Waals surface area contributed by atoms with Gasteiger partial charge >= 0.3 is 0 Å². The number of carbonyl (C=O) groups excluding carboxylic acids is 1. The first-order valence-electron chi connectivity index (χ1n) is 8.09. The van der Waals surface area contributed by atoms with Gasteiger partial charge in [0.25, 0.3) is 0 Å². The minimum atomic E-state index is -0.0501. The third kappa shape index (κ3) is 3.46. The lowest BCUT2D eigenvalue weighted by Gasteiger charge is -2.11. The average Bonchev–Trinajstić information content (AvgIpc) is 2.92. The van der Waals surface area contributed by atoms with Gasteiger partial charge < -0.3 is 9.88 Å². The molecular formula is C20H21ClN2O. The van der Waals surface area contributed by atoms with E-state index in [1.54, 1.807) is 6.07 Å². The van der Waals surface area contributed by atoms with E-state index in [1.807, 2.05) is 29.8 Å². The van der Waals surface area contributed by atoms with Crippen molar-refractivity contribution in [1.29, 1.82) is 0 Å². The molecular weight excluding hydrogens is 320 g/mol. The number of rotatable bonds is 4. The number of aryl methyl sites for hydroxylation is 1. The number of halogens is 1. The molecule has 0 saturated carbocycles. The minimum absolute atomic E-state index is 0.0501. The lowest BCUT2D eigenvalue weighted by atomic mass is 10.0. The number of nitrogens with one attached hydrogen (secondary N) is 1. The molecule has 0 aliphatic rings. The van der Waals surface area contributed by atoms with Crippen molar-refractivity contribution in [2.75, 3.05) is 5.32 Å². The summed E-state index contributed by atoms with van der Waals surface area (Å²) in [5.74, 6) is 0.444. The second kappa shape index (κ2) is 6.70. The summed E-state index contributed by atoms with van der Waals surface area (Å²) in [5, 5.41) is 4.78. The zero-order valence-electron chi connectivity index (χ0n) is 14.1. The van der Waals surface area contributed by atoms with Gasteiger partial charge in [-0.2, -0.15) is 0 Å². The molecule has 1 heterocycles. The van der Waals surface area contributed by atoms with Crippen molar-refractivity contribution in [3.63, 3.8) is 0 Å². The maximum atomic E-state index is 12.4. The van der Waals surface area contributed by atoms with Gasteiger partial charge in [-0.15, -0.1) is 0 Å². The molecule has 24 heavy (non-hydrogen) atoms. The van der Waals surface area contributed by atoms with Gasteiger partial charge in [0.2, 0.25) is 5.91 Å². The van der Waals surface area contributed by atoms with Gasteiger partial charge in [-0.1, -0.05) is 31.5 Å². The maximum absolute atomic E-state index is 12.4. The van der Waals surface area contributed by atoms with Crippen LogP contribution in [0.25, 0.3) is 10.9 Å². The van der Waals surface area contributed by atoms with Crippen molar-refractivity contribution in [3.05, 3.63) is 64.8 Å². The van der Waals surface area contributed by atoms with E-state index in [0.29, 0.717) is 10.9 Å². The Balaban J connectivity index is 1.78. The smallest absolute Gasteiger partial charge is 0.244 e. The molecule has 3 aromatic rings. The molecule has 0 aliphatic heterocycles. The van der Waals surface area contributed by atoms with E-state index in [1.165, 1.54) is 5.56 Å². The third-order valence-electron chi connectivity index (χ3n) is 4.24. The molecule has 2 aromatic carbocycles. The maximum Gasteiger partial charge on any atom is 0.244 e. The van der Waals surface area contributed by atoms with E-state index >= 15 is 0 Å². The van der Waals surface area contributed by atoms with E-state index in [-0.39, 0.29) is 12.5 Å². The van der Waals surface area contributed by atoms with Crippen molar-refractivity contribution in [2.24, 2.45) is 0 Å². The van der Waals surface area contributed by atoms with Gasteiger partial charge in [-0.25, -0.2) is 0 Å². The Morgan fingerprint density at radius 2 is 1.96 bits per heavy atom. The first-order chi connectivity index (χ1) is 11.4. The first-order valence-corrected chi connectivity index (χ1v) is 8.46. The minimum Gasteiger partial charge on any atom is -0.338 e. The summed E-state index contributed by atoms with van der Waals surface area (Å²) < 4.78 is 1.97. The molecule has 3 rings (SSSR count). The Morgan fingerprint density at radius 1 is 1.17 bits per heavy atom. The zero-order valence-corrected chi connectivity index (χ0v) is 14.9. The summed E-state index contributed by atoms with van der Waals surface area (Å²) in [7, 11) is 0. The van der Waals surface area contributed by atoms with E-state index in [0.717, 1.165) is 22.2 Å². The van der Waals surface area contributed by atoms with Crippen LogP contribution in [0.5, 0.6) is 0 Å². The highest BCUT2D eigenvalue weighted by atomic mass is 35.5. The molecule has 0 saturated heterocycles. The molecule has 0 spiro atoms. The van der Waals surface area contributed by atoms with Gasteiger partial charge in [-0.3, -0.25) is 4.79 Å². The summed E-state index contributed by atoms with van der Waals surface area (Å²) in [6.45, 7) is 6.58. The van der Waals surface area contributed by atoms with Gasteiger partial charge in [0.15, 0.2) is 0 Å². The summed E-state index contributed by atoms with van der Waals surface area (Å²) >= 11 is 5.95. The molecule has 4 heteroatoms. The highest BCUT2D eigenvalue weighted by molar-refractivity contribution is 6.30. The molecule has 0 unspecified atom stereocenters. The molecule has 1 N–H and O–H groups in total. The normalized spacial score (nSPS) is 11.2. The fourth-order valence-corrected chi connectivity index (χ4v) is 3.05. The van der Waals surface area contributed by atoms with Gasteiger partial charge in [0, 0.05) is 22.4 Å². The molecule has 1 amide bonds. The number of hydrogen-bond acceptors (Lipinski definition) is 1. The van der Waals surface area contributed by atoms with Crippen LogP contribution in [-0.2, 0) is 11.3 Å². The van der Waals surface area contributed by atoms with E-state index in [2.05, 4.69) is 43.4 Å². The summed E-state index contributed by atoms with van der Waals surface area (Å²) in [5.41, 5.74) is 4.13. The molecule has 1 aromatic heterocycles. The van der Waals surface area contributed by atoms with Gasteiger partial charge in [-0.05, 0) is 65.8 Å². The number of carbonyl (C=O) groups is 1. The van der Waals surface area contributed by atoms with Crippen molar-refractivity contribution < 1.29 is 4.79 Å². The third-order valence-corrected chi connectivity index (χ3v) is 4.47. The lowest BCUT2D eigenvalue weighted by molar-refractivity contribution is -0.116. The van der Waals surface area contributed by atoms with Crippen LogP contribution in [0.2, 0.25) is 5.02 Å². The summed E-state index contributed by atoms with van der Waals surface area (Å²) in [6.07, 6.45) is 1.96. The highest BCUT2D eigenvalue weighted by Crippen LogP contribution is 2.23. The van der Waals surface area contributed by atoms with Crippen LogP contribution >= 0.6 is 11.6 Å². The fraction of sp³-hybridized carbons (Fsp3) is 0.250. The molecule has 0 atom stereocenters. The number of hydrogen-bond donors (Lipinski definition) is 1. The van der Waals surface area contributed by atoms with Crippen LogP contribution in [0.1, 0.15) is 30.9 Å². The quantitative estimate of drug-likeness (QED) is 0.681. The number of aromatic nitrogens is 1. The van der Waals surface area contributed by atoms with Crippen molar-refractivity contribution in [1.82, 2.24) is 4.57 Å². The van der Waals surface area contributed by atoms with Crippen LogP contribution in [-0.4, -0.2) is 10.5 Å². The van der Waals surface area contributed by atoms with Gasteiger partial charge in [0.1, 0.15) is 6.54 Å². The predicted molar refractivity (Wildman–Crippen MR) is 101 cm³/mol. The number of fused-ring (bicyclic) bond motifs is 1. The summed E-state index contributed by atoms with van der Waals surface area (Å²) in [6, 6.07) is 13.9. The second-order valence-electron chi connectivity index (χ2n) is 6.42. The largest absolute Gasteiger partial charge is 0.338 e. The SMILES string of the molecule is Cc1cc(Cl)ccc1NC(=O)Cn1ccc2cc(C(C)C)ccc21. The average molecular weight is 341 g/mol. The molecule has 0 bridgehead atoms. The van der Waals surface area contributed by atoms with Crippen LogP contribution in [0, 0.1) is 6.92 Å². The van der Waals surface area contributed by atoms with Crippen LogP contribution in [0.3, 0.4) is 0 Å². The Bertz CT molecular complexity index is 896. The Labute approximate surface area is 147 Å². The number of nitrogens with zero attached hydrogens (tertiary/aromatic N) is 1. The number of benzene rings is 2. The molecule has 124 valence electrons. The van der Waals surface area contributed by atoms with E-state index < -0.39 is 0 Å². The van der Waals surface area contributed by atoms with Crippen LogP contribution in [0.15, 0.2) is 48.7 Å². The zero-order chi connectivity index (χ0) is 17.3. The monoisotopic (exact) mass is 340 g/mol. The predicted octanol–water partition coefficient (Wildman–Crippen LogP) is 5.37. The molecule has 0 aliphatic carbocycles. The van der Waals surface area contributed by atoms with E-state index in [9.17, 15) is 4.79 Å². The Hall–Kier alpha value is -2.26. The lowest BCUT2D eigenvalue weighted by Crippen LogP contribution is -2.18. The van der Waals surface area contributed by atoms with Crippen LogP contribution < -0.4 is 5.32 Å². The topological polar surface area (TPSA) is 34.0 Å². The van der Waals surface area contributed by atoms with Gasteiger partial charge in [0.05, 0.1) is 0 Å². The van der Waals surface area contributed by atoms with Crippen molar-refractivity contribution >= 4 is 34.1 Å². The second-order valence-corrected chi connectivity index (χ2v) is 6.86. The molecule has 0 fully saturated rings. The molecule has 0 radical (unpaired) electrons. The van der Waals surface area contributed by atoms with Crippen molar-refractivity contribution in [2.45, 2.75) is 33.2 Å². The van der Waals surface area contributed by atoms with E-state index in [4.69, 9.17) is 11.6 Å². The highest BCUT2D eigenvalue weighted by Gasteiger charge is 2.09. The number of anilines is 1. The fourth-order valence-electron chi connectivity index (χ4n) is 2.83. The Morgan fingerprint density at radius 3 is 2.67 bits per heavy atom. The first kappa shape index (κ1) is 16.6.